The van der Waals surface area contributed by atoms with Crippen LogP contribution in [-0.4, -0.2) is 145 Å². The number of hydrogen-bond donors (Lipinski definition) is 5. The minimum atomic E-state index is -3.98. The second-order valence-electron chi connectivity index (χ2n) is 32.6. The zero-order chi connectivity index (χ0) is 90.2. The van der Waals surface area contributed by atoms with Crippen molar-refractivity contribution in [2.24, 2.45) is 0 Å². The van der Waals surface area contributed by atoms with Crippen LogP contribution in [0.3, 0.4) is 0 Å². The van der Waals surface area contributed by atoms with Crippen LogP contribution < -0.4 is 45.9 Å². The second-order valence-corrected chi connectivity index (χ2v) is 40.8. The van der Waals surface area contributed by atoms with Crippen LogP contribution in [0.1, 0.15) is 145 Å². The zero-order valence-corrected chi connectivity index (χ0v) is 73.1. The molecule has 125 heavy (non-hydrogen) atoms. The number of alkyl halides is 4. The number of sulfone groups is 3. The molecule has 13 aromatic rings. The van der Waals surface area contributed by atoms with Crippen LogP contribution in [0.5, 0.6) is 29.3 Å². The Labute approximate surface area is 714 Å². The average molecular weight is 1810 g/mol. The van der Waals surface area contributed by atoms with Crippen LogP contribution in [0.4, 0.5) is 26.3 Å². The molecule has 0 radical (unpaired) electrons. The number of fused-ring (bicyclic) bond motifs is 4. The van der Waals surface area contributed by atoms with E-state index in [4.69, 9.17) is 18.9 Å². The molecule has 3 aliphatic carbocycles. The number of sulfonamides is 1. The highest BCUT2D eigenvalue weighted by Gasteiger charge is 2.39. The molecular weight excluding hydrogens is 1710 g/mol. The highest BCUT2D eigenvalue weighted by molar-refractivity contribution is 7.91. The van der Waals surface area contributed by atoms with Gasteiger partial charge in [0.2, 0.25) is 45.4 Å². The van der Waals surface area contributed by atoms with Crippen molar-refractivity contribution in [1.29, 1.82) is 0 Å². The largest absolute Gasteiger partial charge is 0.474 e. The Bertz CT molecular complexity index is 7010. The van der Waals surface area contributed by atoms with Crippen LogP contribution >= 0.6 is 0 Å². The van der Waals surface area contributed by atoms with Crippen LogP contribution in [0.25, 0.3) is 67.1 Å². The fraction of sp³-hybridized carbons (Fsp3) is 0.372. The lowest BCUT2D eigenvalue weighted by Crippen LogP contribution is -2.40. The molecule has 12 aromatic heterocycles. The van der Waals surface area contributed by atoms with E-state index in [1.54, 1.807) is 127 Å². The number of aromatic amines is 4. The third kappa shape index (κ3) is 21.5. The van der Waals surface area contributed by atoms with Gasteiger partial charge in [0, 0.05) is 124 Å². The summed E-state index contributed by atoms with van der Waals surface area (Å²) in [4.78, 5) is 77.0. The average Bonchev–Trinajstić information content (AvgIpc) is 1.64. The standard InChI is InChI=1S/C23H22F2N4O4S.C22H25F2N3O4S.C21H23F2N3O4S.C20H23N3O4S/c1-13-9-18(29-8-7-26-21(30)20(13)29)16-11-15(34(31,32)28-23(2,3)4)12-27-22(16)33-19-6-5-14(24)10-17(19)25;1-3-32(29,30)13-15-11-17(18-10-14(2)19-20(28)25-8-9-27(18)19)21(26-12-15)31-16-4-6-22(23,24)7-5-16;1-13-9-17(26-8-7-24-19(27)18(13)26)16-10-14(12-31(2,28)29)11-25-20(16)30-15-3-5-21(22,23)6-4-15;1-13-10-17(23-9-8-21-19(24)18(13)23)16-11-15(28(2,25)26)12-22-20(16)27-14-6-4-3-5-7-14/h5-12,28H,1-4H3,(H,26,30);8-12,16H,3-7,13H2,1-2H3,(H,25,28);7-11,15H,3-6,12H2,1-2H3,(H,24,27);8-12,14H,3-7H2,1-2H3,(H,21,24). The van der Waals surface area contributed by atoms with Crippen molar-refractivity contribution in [3.8, 4) is 74.3 Å². The number of H-pyrrole nitrogens is 4. The molecule has 1 aromatic carbocycles. The predicted molar refractivity (Wildman–Crippen MR) is 458 cm³/mol. The zero-order valence-electron chi connectivity index (χ0n) is 69.8. The van der Waals surface area contributed by atoms with Crippen molar-refractivity contribution in [2.45, 2.75) is 196 Å². The summed E-state index contributed by atoms with van der Waals surface area (Å²) >= 11 is 0. The lowest BCUT2D eigenvalue weighted by molar-refractivity contribution is -0.0590. The Morgan fingerprint density at radius 2 is 0.816 bits per heavy atom. The molecule has 664 valence electrons. The summed E-state index contributed by atoms with van der Waals surface area (Å²) in [5, 5.41) is 0. The molecular formula is C86H93F6N13O16S4. The van der Waals surface area contributed by atoms with Crippen LogP contribution in [0, 0.1) is 39.3 Å². The number of pyridine rings is 4. The van der Waals surface area contributed by atoms with Gasteiger partial charge >= 0.3 is 0 Å². The molecule has 0 amide bonds. The van der Waals surface area contributed by atoms with Gasteiger partial charge in [-0.05, 0) is 194 Å². The summed E-state index contributed by atoms with van der Waals surface area (Å²) in [6, 6.07) is 16.2. The van der Waals surface area contributed by atoms with Gasteiger partial charge < -0.3 is 56.5 Å². The summed E-state index contributed by atoms with van der Waals surface area (Å²) < 4.78 is 213. The smallest absolute Gasteiger partial charge is 0.272 e. The number of aryl methyl sites for hydroxylation is 4. The summed E-state index contributed by atoms with van der Waals surface area (Å²) in [5.41, 5.74) is 7.88. The van der Waals surface area contributed by atoms with E-state index in [0.717, 1.165) is 73.2 Å². The molecule has 0 bridgehead atoms. The van der Waals surface area contributed by atoms with Crippen molar-refractivity contribution in [3.05, 3.63) is 228 Å². The fourth-order valence-electron chi connectivity index (χ4n) is 15.4. The maximum Gasteiger partial charge on any atom is 0.272 e. The summed E-state index contributed by atoms with van der Waals surface area (Å²) in [7, 11) is -14.0. The van der Waals surface area contributed by atoms with Crippen molar-refractivity contribution < 1.29 is 79.0 Å². The molecule has 12 heterocycles. The van der Waals surface area contributed by atoms with E-state index in [1.807, 2.05) is 19.1 Å². The van der Waals surface area contributed by atoms with E-state index in [0.29, 0.717) is 90.2 Å². The van der Waals surface area contributed by atoms with E-state index in [9.17, 15) is 79.2 Å². The Morgan fingerprint density at radius 3 is 1.19 bits per heavy atom. The molecule has 39 heteroatoms. The number of benzene rings is 1. The topological polar surface area (TPSA) is 386 Å². The lowest BCUT2D eigenvalue weighted by atomic mass is 9.94. The monoisotopic (exact) mass is 1810 g/mol. The number of nitrogens with zero attached hydrogens (tertiary/aromatic N) is 8. The Kier molecular flexibility index (Phi) is 26.3. The summed E-state index contributed by atoms with van der Waals surface area (Å²) in [6.07, 6.45) is 24.7. The summed E-state index contributed by atoms with van der Waals surface area (Å²) in [5.74, 6) is -7.02. The Balaban J connectivity index is 0.000000143. The SMILES string of the molecule is CCS(=O)(=O)Cc1cnc(OC2CCC(F)(F)CC2)c(-c2cc(C)c3c(=O)[nH]ccn23)c1.Cc1cc(-c2cc(CS(C)(=O)=O)cnc2OC2CCC(F)(F)CC2)n2cc[nH]c(=O)c12.Cc1cc(-c2cc(S(=O)(=O)NC(C)(C)C)cnc2Oc2ccc(F)cc2F)n2cc[nH]c(=O)c12.Cc1cc(-c2cc(S(C)(=O)=O)cnc2OC2CCCCC2)n2cc[nH]c(=O)c12. The molecule has 0 atom stereocenters. The Morgan fingerprint density at radius 1 is 0.464 bits per heavy atom. The third-order valence-corrected chi connectivity index (χ3v) is 26.7. The van der Waals surface area contributed by atoms with E-state index in [2.05, 4.69) is 44.6 Å². The number of halogens is 6. The van der Waals surface area contributed by atoms with Crippen molar-refractivity contribution in [1.82, 2.24) is 62.2 Å². The minimum absolute atomic E-state index is 0.000583. The number of ether oxygens (including phenoxy) is 4. The van der Waals surface area contributed by atoms with Gasteiger partial charge in [-0.2, -0.15) is 0 Å². The maximum absolute atomic E-state index is 14.3. The highest BCUT2D eigenvalue weighted by Crippen LogP contribution is 2.43. The van der Waals surface area contributed by atoms with Gasteiger partial charge in [-0.15, -0.1) is 0 Å². The van der Waals surface area contributed by atoms with E-state index < -0.39 is 80.8 Å². The third-order valence-electron chi connectivity index (χ3n) is 21.3. The summed E-state index contributed by atoms with van der Waals surface area (Å²) in [6.45, 7) is 13.9. The quantitative estimate of drug-likeness (QED) is 0.0442. The van der Waals surface area contributed by atoms with Crippen molar-refractivity contribution in [3.63, 3.8) is 0 Å². The van der Waals surface area contributed by atoms with Gasteiger partial charge in [0.25, 0.3) is 22.2 Å². The first-order chi connectivity index (χ1) is 58.8. The maximum atomic E-state index is 14.3. The van der Waals surface area contributed by atoms with Crippen molar-refractivity contribution >= 4 is 61.6 Å². The minimum Gasteiger partial charge on any atom is -0.474 e. The first kappa shape index (κ1) is 91.0. The molecule has 3 aliphatic rings. The number of hydrogen-bond acceptors (Lipinski definition) is 20. The van der Waals surface area contributed by atoms with Crippen molar-refractivity contribution in [2.75, 3.05) is 18.3 Å². The molecule has 0 saturated heterocycles. The van der Waals surface area contributed by atoms with Crippen LogP contribution in [-0.2, 0) is 51.0 Å². The number of aromatic nitrogens is 12. The lowest BCUT2D eigenvalue weighted by Gasteiger charge is -2.28. The Hall–Kier alpha value is -11.7. The van der Waals surface area contributed by atoms with Crippen LogP contribution in [0.15, 0.2) is 170 Å². The normalized spacial score (nSPS) is 15.5. The molecule has 0 unspecified atom stereocenters. The number of rotatable bonds is 20. The highest BCUT2D eigenvalue weighted by atomic mass is 32.2. The molecule has 0 aliphatic heterocycles. The first-order valence-electron chi connectivity index (χ1n) is 40.1. The number of nitrogens with one attached hydrogen (secondary N) is 5. The molecule has 29 nitrogen and oxygen atoms in total. The van der Waals surface area contributed by atoms with Gasteiger partial charge in [-0.25, -0.2) is 84.7 Å². The van der Waals surface area contributed by atoms with Crippen LogP contribution in [0.2, 0.25) is 0 Å². The van der Waals surface area contributed by atoms with E-state index in [1.165, 1.54) is 49.7 Å². The van der Waals surface area contributed by atoms with E-state index >= 15 is 0 Å². The molecule has 3 saturated carbocycles. The van der Waals surface area contributed by atoms with Gasteiger partial charge in [0.15, 0.2) is 41.1 Å². The first-order valence-corrected chi connectivity index (χ1v) is 47.3. The fourth-order valence-corrected chi connectivity index (χ4v) is 19.0. The molecule has 3 fully saturated rings. The van der Waals surface area contributed by atoms with Gasteiger partial charge in [-0.3, -0.25) is 19.2 Å². The van der Waals surface area contributed by atoms with E-state index in [-0.39, 0.29) is 136 Å². The molecule has 0 spiro atoms. The predicted octanol–water partition coefficient (Wildman–Crippen LogP) is 14.6. The molecule has 16 rings (SSSR count). The van der Waals surface area contributed by atoms with Gasteiger partial charge in [-0.1, -0.05) is 13.3 Å². The van der Waals surface area contributed by atoms with Gasteiger partial charge in [0.05, 0.1) is 67.6 Å². The molecule has 5 N–H and O–H groups in total. The van der Waals surface area contributed by atoms with Gasteiger partial charge in [0.1, 0.15) is 51.1 Å². The second kappa shape index (κ2) is 36.1.